The normalized spacial score (nSPS) is 10.7. The van der Waals surface area contributed by atoms with Crippen LogP contribution in [0.2, 0.25) is 0 Å². The second kappa shape index (κ2) is 4.11. The van der Waals surface area contributed by atoms with Gasteiger partial charge in [0.25, 0.3) is 0 Å². The molecule has 18 heavy (non-hydrogen) atoms. The fraction of sp³-hybridized carbons (Fsp3) is 0.0667. The fourth-order valence-corrected chi connectivity index (χ4v) is 2.19. The molecule has 0 atom stereocenters. The third-order valence-corrected chi connectivity index (χ3v) is 3.12. The zero-order valence-electron chi connectivity index (χ0n) is 9.97. The van der Waals surface area contributed by atoms with Crippen LogP contribution in [0.15, 0.2) is 42.6 Å². The SMILES string of the molecule is Cc1ccc(-c2ncc(C=O)[nH]2)c2ccccc12. The Bertz CT molecular complexity index is 728. The van der Waals surface area contributed by atoms with Crippen LogP contribution in [0.5, 0.6) is 0 Å². The van der Waals surface area contributed by atoms with E-state index in [0.717, 1.165) is 23.1 Å². The molecule has 1 N–H and O–H groups in total. The van der Waals surface area contributed by atoms with E-state index in [9.17, 15) is 4.79 Å². The number of carbonyl (C=O) groups is 1. The summed E-state index contributed by atoms with van der Waals surface area (Å²) < 4.78 is 0. The Morgan fingerprint density at radius 2 is 1.89 bits per heavy atom. The molecule has 0 saturated heterocycles. The molecule has 3 aromatic rings. The molecule has 1 heterocycles. The molecule has 88 valence electrons. The summed E-state index contributed by atoms with van der Waals surface area (Å²) in [6.45, 7) is 2.09. The van der Waals surface area contributed by atoms with Crippen LogP contribution >= 0.6 is 0 Å². The summed E-state index contributed by atoms with van der Waals surface area (Å²) in [5.41, 5.74) is 2.75. The Morgan fingerprint density at radius 1 is 1.11 bits per heavy atom. The number of aromatic amines is 1. The number of nitrogens with zero attached hydrogens (tertiary/aromatic N) is 1. The van der Waals surface area contributed by atoms with Gasteiger partial charge in [0.05, 0.1) is 11.9 Å². The van der Waals surface area contributed by atoms with Crippen LogP contribution in [0.25, 0.3) is 22.2 Å². The molecule has 1 aromatic heterocycles. The Kier molecular flexibility index (Phi) is 2.45. The summed E-state index contributed by atoms with van der Waals surface area (Å²) >= 11 is 0. The average molecular weight is 236 g/mol. The number of nitrogens with one attached hydrogen (secondary N) is 1. The van der Waals surface area contributed by atoms with Crippen molar-refractivity contribution >= 4 is 17.1 Å². The third-order valence-electron chi connectivity index (χ3n) is 3.12. The number of benzene rings is 2. The van der Waals surface area contributed by atoms with Gasteiger partial charge in [0.15, 0.2) is 6.29 Å². The van der Waals surface area contributed by atoms with Gasteiger partial charge in [-0.2, -0.15) is 0 Å². The van der Waals surface area contributed by atoms with E-state index in [0.29, 0.717) is 5.69 Å². The minimum absolute atomic E-state index is 0.495. The number of aromatic nitrogens is 2. The number of H-pyrrole nitrogens is 1. The van der Waals surface area contributed by atoms with Crippen LogP contribution in [-0.4, -0.2) is 16.3 Å². The third kappa shape index (κ3) is 1.61. The second-order valence-corrected chi connectivity index (χ2v) is 4.28. The number of hydrogen-bond donors (Lipinski definition) is 1. The van der Waals surface area contributed by atoms with Gasteiger partial charge in [0.2, 0.25) is 0 Å². The minimum atomic E-state index is 0.495. The van der Waals surface area contributed by atoms with Crippen molar-refractivity contribution in [3.8, 4) is 11.4 Å². The maximum Gasteiger partial charge on any atom is 0.167 e. The van der Waals surface area contributed by atoms with Crippen molar-refractivity contribution in [3.63, 3.8) is 0 Å². The van der Waals surface area contributed by atoms with E-state index in [2.05, 4.69) is 35.1 Å². The molecule has 0 aliphatic rings. The first-order valence-corrected chi connectivity index (χ1v) is 5.78. The number of carbonyl (C=O) groups excluding carboxylic acids is 1. The Morgan fingerprint density at radius 3 is 2.61 bits per heavy atom. The van der Waals surface area contributed by atoms with Gasteiger partial charge < -0.3 is 4.98 Å². The van der Waals surface area contributed by atoms with Gasteiger partial charge in [0, 0.05) is 5.56 Å². The minimum Gasteiger partial charge on any atom is -0.336 e. The van der Waals surface area contributed by atoms with Gasteiger partial charge in [-0.25, -0.2) is 4.98 Å². The molecular weight excluding hydrogens is 224 g/mol. The van der Waals surface area contributed by atoms with Crippen molar-refractivity contribution in [1.82, 2.24) is 9.97 Å². The lowest BCUT2D eigenvalue weighted by atomic mass is 10.00. The standard InChI is InChI=1S/C15H12N2O/c1-10-6-7-14(13-5-3-2-4-12(10)13)15-16-8-11(9-18)17-15/h2-9H,1H3,(H,16,17). The van der Waals surface area contributed by atoms with E-state index in [1.54, 1.807) is 6.20 Å². The van der Waals surface area contributed by atoms with E-state index in [4.69, 9.17) is 0 Å². The molecule has 3 nitrogen and oxygen atoms in total. The zero-order valence-corrected chi connectivity index (χ0v) is 9.97. The molecular formula is C15H12N2O. The average Bonchev–Trinajstić information content (AvgIpc) is 2.88. The fourth-order valence-electron chi connectivity index (χ4n) is 2.19. The molecule has 0 amide bonds. The maximum absolute atomic E-state index is 10.7. The van der Waals surface area contributed by atoms with E-state index in [-0.39, 0.29) is 0 Å². The molecule has 2 aromatic carbocycles. The molecule has 3 rings (SSSR count). The molecule has 0 aliphatic carbocycles. The molecule has 0 saturated carbocycles. The maximum atomic E-state index is 10.7. The summed E-state index contributed by atoms with van der Waals surface area (Å²) in [4.78, 5) is 18.0. The molecule has 0 bridgehead atoms. The largest absolute Gasteiger partial charge is 0.336 e. The number of aldehydes is 1. The molecule has 0 spiro atoms. The number of imidazole rings is 1. The van der Waals surface area contributed by atoms with Crippen molar-refractivity contribution in [1.29, 1.82) is 0 Å². The van der Waals surface area contributed by atoms with Crippen molar-refractivity contribution in [3.05, 3.63) is 53.9 Å². The van der Waals surface area contributed by atoms with Crippen molar-refractivity contribution < 1.29 is 4.79 Å². The quantitative estimate of drug-likeness (QED) is 0.693. The van der Waals surface area contributed by atoms with E-state index < -0.39 is 0 Å². The summed E-state index contributed by atoms with van der Waals surface area (Å²) in [6, 6.07) is 12.3. The van der Waals surface area contributed by atoms with Crippen LogP contribution in [0.4, 0.5) is 0 Å². The highest BCUT2D eigenvalue weighted by Crippen LogP contribution is 2.28. The molecule has 0 fully saturated rings. The summed E-state index contributed by atoms with van der Waals surface area (Å²) in [5.74, 6) is 0.730. The summed E-state index contributed by atoms with van der Waals surface area (Å²) in [5, 5.41) is 2.35. The Hall–Kier alpha value is -2.42. The van der Waals surface area contributed by atoms with Crippen LogP contribution in [0, 0.1) is 6.92 Å². The molecule has 0 unspecified atom stereocenters. The predicted molar refractivity (Wildman–Crippen MR) is 71.7 cm³/mol. The lowest BCUT2D eigenvalue weighted by molar-refractivity contribution is 0.111. The van der Waals surface area contributed by atoms with Gasteiger partial charge in [-0.3, -0.25) is 4.79 Å². The van der Waals surface area contributed by atoms with Crippen LogP contribution in [0.1, 0.15) is 16.1 Å². The Balaban J connectivity index is 2.29. The smallest absolute Gasteiger partial charge is 0.167 e. The molecule has 3 heteroatoms. The van der Waals surface area contributed by atoms with Crippen LogP contribution < -0.4 is 0 Å². The molecule has 0 aliphatic heterocycles. The van der Waals surface area contributed by atoms with E-state index in [1.807, 2.05) is 18.2 Å². The first kappa shape index (κ1) is 10.7. The van der Waals surface area contributed by atoms with Gasteiger partial charge in [0.1, 0.15) is 5.82 Å². The monoisotopic (exact) mass is 236 g/mol. The van der Waals surface area contributed by atoms with Crippen molar-refractivity contribution in [2.75, 3.05) is 0 Å². The predicted octanol–water partition coefficient (Wildman–Crippen LogP) is 3.35. The summed E-state index contributed by atoms with van der Waals surface area (Å²) in [7, 11) is 0. The highest BCUT2D eigenvalue weighted by molar-refractivity contribution is 5.97. The van der Waals surface area contributed by atoms with Gasteiger partial charge in [-0.05, 0) is 23.3 Å². The van der Waals surface area contributed by atoms with Gasteiger partial charge in [-0.15, -0.1) is 0 Å². The number of rotatable bonds is 2. The van der Waals surface area contributed by atoms with Gasteiger partial charge >= 0.3 is 0 Å². The van der Waals surface area contributed by atoms with Crippen molar-refractivity contribution in [2.24, 2.45) is 0 Å². The van der Waals surface area contributed by atoms with E-state index in [1.165, 1.54) is 10.9 Å². The lowest BCUT2D eigenvalue weighted by Gasteiger charge is -2.06. The number of aryl methyl sites for hydroxylation is 1. The van der Waals surface area contributed by atoms with Gasteiger partial charge in [-0.1, -0.05) is 36.4 Å². The summed E-state index contributed by atoms with van der Waals surface area (Å²) in [6.07, 6.45) is 2.32. The highest BCUT2D eigenvalue weighted by atomic mass is 16.1. The van der Waals surface area contributed by atoms with Crippen molar-refractivity contribution in [2.45, 2.75) is 6.92 Å². The van der Waals surface area contributed by atoms with E-state index >= 15 is 0 Å². The second-order valence-electron chi connectivity index (χ2n) is 4.28. The number of hydrogen-bond acceptors (Lipinski definition) is 2. The topological polar surface area (TPSA) is 45.8 Å². The first-order chi connectivity index (χ1) is 8.79. The highest BCUT2D eigenvalue weighted by Gasteiger charge is 2.08. The van der Waals surface area contributed by atoms with Crippen LogP contribution in [-0.2, 0) is 0 Å². The first-order valence-electron chi connectivity index (χ1n) is 5.78. The number of fused-ring (bicyclic) bond motifs is 1. The zero-order chi connectivity index (χ0) is 12.5. The lowest BCUT2D eigenvalue weighted by Crippen LogP contribution is -1.86. The molecule has 0 radical (unpaired) electrons. The Labute approximate surface area is 104 Å². The van der Waals surface area contributed by atoms with Crippen LogP contribution in [0.3, 0.4) is 0 Å².